The lowest BCUT2D eigenvalue weighted by Gasteiger charge is -2.05. The maximum atomic E-state index is 12.3. The Morgan fingerprint density at radius 2 is 1.80 bits per heavy atom. The summed E-state index contributed by atoms with van der Waals surface area (Å²) < 4.78 is 0. The molecule has 0 atom stereocenters. The molecule has 1 amide bonds. The highest BCUT2D eigenvalue weighted by atomic mass is 35.5. The van der Waals surface area contributed by atoms with Gasteiger partial charge in [0, 0.05) is 23.6 Å². The summed E-state index contributed by atoms with van der Waals surface area (Å²) in [4.78, 5) is 19.3. The van der Waals surface area contributed by atoms with Crippen LogP contribution in [0.15, 0.2) is 65.8 Å². The van der Waals surface area contributed by atoms with E-state index in [0.29, 0.717) is 12.1 Å². The minimum Gasteiger partial charge on any atom is -0.370 e. The molecule has 3 aromatic rings. The number of carbonyl (C=O) groups is 1. The van der Waals surface area contributed by atoms with Crippen LogP contribution in [0.25, 0.3) is 10.9 Å². The van der Waals surface area contributed by atoms with E-state index in [-0.39, 0.29) is 24.3 Å². The fraction of sp³-hybridized carbons (Fsp3) is 0.158. The van der Waals surface area contributed by atoms with E-state index in [9.17, 15) is 4.79 Å². The van der Waals surface area contributed by atoms with Crippen LogP contribution in [0.4, 0.5) is 0 Å². The number of rotatable bonds is 5. The number of hydrogen-bond donors (Lipinski definition) is 3. The summed E-state index contributed by atoms with van der Waals surface area (Å²) in [5.74, 6) is -0.196. The van der Waals surface area contributed by atoms with Crippen molar-refractivity contribution in [3.8, 4) is 0 Å². The van der Waals surface area contributed by atoms with Gasteiger partial charge in [-0.05, 0) is 24.5 Å². The van der Waals surface area contributed by atoms with E-state index >= 15 is 0 Å². The van der Waals surface area contributed by atoms with E-state index in [2.05, 4.69) is 27.4 Å². The van der Waals surface area contributed by atoms with Crippen molar-refractivity contribution in [3.63, 3.8) is 0 Å². The number of H-pyrrole nitrogens is 1. The summed E-state index contributed by atoms with van der Waals surface area (Å²) in [5.41, 5.74) is 8.53. The normalized spacial score (nSPS) is 11.1. The van der Waals surface area contributed by atoms with Crippen LogP contribution in [0.2, 0.25) is 0 Å². The topological polar surface area (TPSA) is 83.3 Å². The van der Waals surface area contributed by atoms with Crippen molar-refractivity contribution in [1.29, 1.82) is 0 Å². The molecule has 0 unspecified atom stereocenters. The van der Waals surface area contributed by atoms with Crippen LogP contribution in [0.3, 0.4) is 0 Å². The minimum atomic E-state index is -0.347. The lowest BCUT2D eigenvalue weighted by atomic mass is 10.1. The molecule has 0 aliphatic carbocycles. The highest BCUT2D eigenvalue weighted by Gasteiger charge is 2.11. The number of para-hydroxylation sites is 1. The van der Waals surface area contributed by atoms with Crippen molar-refractivity contribution in [2.24, 2.45) is 10.7 Å². The Labute approximate surface area is 152 Å². The zero-order chi connectivity index (χ0) is 16.8. The standard InChI is InChI=1S/C19H20N4O.ClH/c20-19(21-12-6-9-14-7-2-1-3-8-14)23-18(24)16-13-22-17-11-5-4-10-15(16)17;/h1-5,7-8,10-11,13,22H,6,9,12H2,(H3,20,21,23,24);1H. The molecule has 0 aliphatic heterocycles. The summed E-state index contributed by atoms with van der Waals surface area (Å²) in [6, 6.07) is 17.9. The lowest BCUT2D eigenvalue weighted by Crippen LogP contribution is -2.33. The number of aliphatic imine (C=N–C) groups is 1. The summed E-state index contributed by atoms with van der Waals surface area (Å²) >= 11 is 0. The van der Waals surface area contributed by atoms with Gasteiger partial charge >= 0.3 is 0 Å². The number of aromatic nitrogens is 1. The second kappa shape index (κ2) is 8.89. The number of nitrogens with two attached hydrogens (primary N) is 1. The van der Waals surface area contributed by atoms with Crippen LogP contribution < -0.4 is 11.1 Å². The smallest absolute Gasteiger partial charge is 0.282 e. The first-order chi connectivity index (χ1) is 11.7. The highest BCUT2D eigenvalue weighted by molar-refractivity contribution is 6.10. The number of amides is 1. The van der Waals surface area contributed by atoms with Crippen molar-refractivity contribution in [1.82, 2.24) is 10.3 Å². The number of hydrogen-bond acceptors (Lipinski definition) is 1. The lowest BCUT2D eigenvalue weighted by molar-refractivity contribution is 0.100. The van der Waals surface area contributed by atoms with Gasteiger partial charge in [-0.25, -0.2) is 0 Å². The Morgan fingerprint density at radius 1 is 1.08 bits per heavy atom. The molecule has 2 aromatic carbocycles. The summed E-state index contributed by atoms with van der Waals surface area (Å²) in [5, 5.41) is 3.84. The quantitative estimate of drug-likeness (QED) is 0.372. The predicted octanol–water partition coefficient (Wildman–Crippen LogP) is 3.27. The van der Waals surface area contributed by atoms with E-state index in [0.717, 1.165) is 23.7 Å². The molecule has 6 heteroatoms. The average Bonchev–Trinajstić information content (AvgIpc) is 3.04. The van der Waals surface area contributed by atoms with Gasteiger partial charge in [-0.15, -0.1) is 12.4 Å². The van der Waals surface area contributed by atoms with Gasteiger partial charge in [0.1, 0.15) is 0 Å². The third kappa shape index (κ3) is 4.84. The number of nitrogens with zero attached hydrogens (tertiary/aromatic N) is 1. The number of nitrogens with one attached hydrogen (secondary N) is 2. The van der Waals surface area contributed by atoms with E-state index < -0.39 is 0 Å². The summed E-state index contributed by atoms with van der Waals surface area (Å²) in [6.07, 6.45) is 3.54. The van der Waals surface area contributed by atoms with Crippen LogP contribution >= 0.6 is 12.4 Å². The molecule has 25 heavy (non-hydrogen) atoms. The summed E-state index contributed by atoms with van der Waals surface area (Å²) in [6.45, 7) is 0.672. The highest BCUT2D eigenvalue weighted by Crippen LogP contribution is 2.18. The van der Waals surface area contributed by atoms with Crippen molar-refractivity contribution in [2.45, 2.75) is 12.8 Å². The fourth-order valence-corrected chi connectivity index (χ4v) is 2.61. The third-order valence-corrected chi connectivity index (χ3v) is 3.83. The largest absolute Gasteiger partial charge is 0.370 e. The fourth-order valence-electron chi connectivity index (χ4n) is 2.61. The van der Waals surface area contributed by atoms with Gasteiger partial charge in [0.25, 0.3) is 5.91 Å². The molecule has 0 bridgehead atoms. The Kier molecular flexibility index (Phi) is 6.60. The minimum absolute atomic E-state index is 0. The first-order valence-electron chi connectivity index (χ1n) is 7.96. The molecule has 0 spiro atoms. The van der Waals surface area contributed by atoms with E-state index in [4.69, 9.17) is 5.73 Å². The van der Waals surface area contributed by atoms with Crippen LogP contribution in [-0.2, 0) is 6.42 Å². The molecule has 0 saturated heterocycles. The maximum absolute atomic E-state index is 12.3. The zero-order valence-electron chi connectivity index (χ0n) is 13.7. The predicted molar refractivity (Wildman–Crippen MR) is 104 cm³/mol. The van der Waals surface area contributed by atoms with Gasteiger partial charge in [0.05, 0.1) is 5.56 Å². The molecular formula is C19H21ClN4O. The van der Waals surface area contributed by atoms with Crippen LogP contribution in [0.5, 0.6) is 0 Å². The number of carbonyl (C=O) groups excluding carboxylic acids is 1. The number of benzene rings is 2. The van der Waals surface area contributed by atoms with Gasteiger partial charge in [0.2, 0.25) is 0 Å². The molecule has 130 valence electrons. The first kappa shape index (κ1) is 18.5. The van der Waals surface area contributed by atoms with Gasteiger partial charge < -0.3 is 16.0 Å². The molecule has 0 fully saturated rings. The number of halogens is 1. The third-order valence-electron chi connectivity index (χ3n) is 3.83. The monoisotopic (exact) mass is 356 g/mol. The second-order valence-corrected chi connectivity index (χ2v) is 5.57. The summed E-state index contributed by atoms with van der Waals surface area (Å²) in [7, 11) is 0. The van der Waals surface area contributed by atoms with Crippen molar-refractivity contribution in [3.05, 3.63) is 71.9 Å². The van der Waals surface area contributed by atoms with E-state index in [1.54, 1.807) is 6.20 Å². The Balaban J connectivity index is 0.00000225. The Hall–Kier alpha value is -2.79. The average molecular weight is 357 g/mol. The van der Waals surface area contributed by atoms with Crippen molar-refractivity contribution in [2.75, 3.05) is 6.54 Å². The molecule has 0 radical (unpaired) electrons. The number of fused-ring (bicyclic) bond motifs is 1. The second-order valence-electron chi connectivity index (χ2n) is 5.57. The molecule has 1 aromatic heterocycles. The molecule has 3 rings (SSSR count). The zero-order valence-corrected chi connectivity index (χ0v) is 14.6. The molecule has 1 heterocycles. The SMILES string of the molecule is Cl.NC(=NC(=O)c1c[nH]c2ccccc12)NCCCc1ccccc1. The molecular weight excluding hydrogens is 336 g/mol. The van der Waals surface area contributed by atoms with Crippen molar-refractivity contribution >= 4 is 35.2 Å². The molecule has 5 nitrogen and oxygen atoms in total. The Morgan fingerprint density at radius 3 is 2.60 bits per heavy atom. The van der Waals surface area contributed by atoms with Gasteiger partial charge in [-0.1, -0.05) is 48.5 Å². The van der Waals surface area contributed by atoms with Crippen molar-refractivity contribution < 1.29 is 4.79 Å². The first-order valence-corrected chi connectivity index (χ1v) is 7.96. The number of aryl methyl sites for hydroxylation is 1. The number of aromatic amines is 1. The molecule has 0 saturated carbocycles. The van der Waals surface area contributed by atoms with Gasteiger partial charge in [0.15, 0.2) is 5.96 Å². The van der Waals surface area contributed by atoms with E-state index in [1.807, 2.05) is 42.5 Å². The maximum Gasteiger partial charge on any atom is 0.282 e. The van der Waals surface area contributed by atoms with Crippen LogP contribution in [0.1, 0.15) is 22.3 Å². The van der Waals surface area contributed by atoms with E-state index in [1.165, 1.54) is 5.56 Å². The van der Waals surface area contributed by atoms with Gasteiger partial charge in [-0.3, -0.25) is 4.79 Å². The van der Waals surface area contributed by atoms with Crippen LogP contribution in [-0.4, -0.2) is 23.4 Å². The molecule has 4 N–H and O–H groups in total. The van der Waals surface area contributed by atoms with Gasteiger partial charge in [-0.2, -0.15) is 4.99 Å². The van der Waals surface area contributed by atoms with Crippen LogP contribution in [0, 0.1) is 0 Å². The Bertz CT molecular complexity index is 858. The number of guanidine groups is 1. The molecule has 0 aliphatic rings.